The Labute approximate surface area is 183 Å². The number of carbonyl (C=O) groups is 2. The molecule has 3 rings (SSSR count). The molecule has 166 valence electrons. The summed E-state index contributed by atoms with van der Waals surface area (Å²) in [6.45, 7) is 3.19. The van der Waals surface area contributed by atoms with E-state index in [9.17, 15) is 26.8 Å². The molecule has 1 aliphatic rings. The Morgan fingerprint density at radius 3 is 2.52 bits per heavy atom. The zero-order valence-electron chi connectivity index (χ0n) is 16.9. The van der Waals surface area contributed by atoms with Crippen LogP contribution in [0, 0.1) is 17.6 Å². The van der Waals surface area contributed by atoms with Crippen molar-refractivity contribution in [3.63, 3.8) is 0 Å². The van der Waals surface area contributed by atoms with Crippen LogP contribution in [-0.2, 0) is 21.2 Å². The first-order valence-corrected chi connectivity index (χ1v) is 11.5. The second-order valence-electron chi connectivity index (χ2n) is 7.87. The molecule has 0 aliphatic carbocycles. The summed E-state index contributed by atoms with van der Waals surface area (Å²) in [6, 6.07) is 4.15. The maximum Gasteiger partial charge on any atom is 0.245 e. The van der Waals surface area contributed by atoms with Gasteiger partial charge in [0.15, 0.2) is 15.6 Å². The molecule has 10 heteroatoms. The van der Waals surface area contributed by atoms with Crippen molar-refractivity contribution in [2.45, 2.75) is 37.8 Å². The molecule has 0 radical (unpaired) electrons. The number of sulfone groups is 1. The lowest BCUT2D eigenvalue weighted by molar-refractivity contribution is -0.119. The Bertz CT molecular complexity index is 1170. The van der Waals surface area contributed by atoms with Gasteiger partial charge in [0, 0.05) is 17.0 Å². The van der Waals surface area contributed by atoms with E-state index in [0.29, 0.717) is 0 Å². The van der Waals surface area contributed by atoms with Crippen molar-refractivity contribution in [2.75, 3.05) is 10.7 Å². The first-order valence-electron chi connectivity index (χ1n) is 9.51. The topological polar surface area (TPSA) is 97.5 Å². The highest BCUT2D eigenvalue weighted by Crippen LogP contribution is 2.35. The molecule has 6 nitrogen and oxygen atoms in total. The molecule has 2 aromatic carbocycles. The van der Waals surface area contributed by atoms with E-state index in [2.05, 4.69) is 0 Å². The highest BCUT2D eigenvalue weighted by atomic mass is 35.5. The van der Waals surface area contributed by atoms with Crippen LogP contribution >= 0.6 is 11.6 Å². The number of amides is 1. The monoisotopic (exact) mass is 470 g/mol. The van der Waals surface area contributed by atoms with Crippen LogP contribution in [0.4, 0.5) is 14.5 Å². The third kappa shape index (κ3) is 4.78. The minimum atomic E-state index is -4.14. The van der Waals surface area contributed by atoms with Crippen molar-refractivity contribution in [3.8, 4) is 0 Å². The zero-order valence-corrected chi connectivity index (χ0v) is 18.4. The summed E-state index contributed by atoms with van der Waals surface area (Å²) in [7, 11) is -4.14. The van der Waals surface area contributed by atoms with Crippen LogP contribution in [0.2, 0.25) is 5.02 Å². The third-order valence-corrected chi connectivity index (χ3v) is 6.92. The van der Waals surface area contributed by atoms with Crippen LogP contribution in [0.3, 0.4) is 0 Å². The number of anilines is 1. The van der Waals surface area contributed by atoms with E-state index in [0.717, 1.165) is 23.1 Å². The average Bonchev–Trinajstić information content (AvgIpc) is 2.71. The van der Waals surface area contributed by atoms with E-state index in [1.54, 1.807) is 13.8 Å². The Balaban J connectivity index is 2.21. The van der Waals surface area contributed by atoms with Gasteiger partial charge in [-0.25, -0.2) is 17.2 Å². The molecular formula is C21H21ClF2N2O4S. The van der Waals surface area contributed by atoms with E-state index in [4.69, 9.17) is 17.3 Å². The smallest absolute Gasteiger partial charge is 0.245 e. The van der Waals surface area contributed by atoms with Gasteiger partial charge in [-0.2, -0.15) is 0 Å². The molecule has 1 heterocycles. The fraction of sp³-hybridized carbons (Fsp3) is 0.333. The predicted octanol–water partition coefficient (Wildman–Crippen LogP) is 3.49. The quantitative estimate of drug-likeness (QED) is 0.674. The molecule has 0 unspecified atom stereocenters. The van der Waals surface area contributed by atoms with Crippen LogP contribution in [-0.4, -0.2) is 31.9 Å². The molecule has 1 atom stereocenters. The number of hydrogen-bond donors (Lipinski definition) is 1. The van der Waals surface area contributed by atoms with Gasteiger partial charge in [-0.15, -0.1) is 0 Å². The number of Topliss-reactive ketones (excluding diaryl/α,β-unsaturated/α-hetero) is 1. The van der Waals surface area contributed by atoms with E-state index in [-0.39, 0.29) is 40.7 Å². The van der Waals surface area contributed by atoms with Gasteiger partial charge in [0.2, 0.25) is 5.91 Å². The van der Waals surface area contributed by atoms with Gasteiger partial charge >= 0.3 is 0 Å². The molecule has 0 saturated carbocycles. The van der Waals surface area contributed by atoms with E-state index in [1.807, 2.05) is 0 Å². The van der Waals surface area contributed by atoms with Crippen LogP contribution in [0.15, 0.2) is 35.2 Å². The van der Waals surface area contributed by atoms with Crippen molar-refractivity contribution in [2.24, 2.45) is 11.7 Å². The fourth-order valence-electron chi connectivity index (χ4n) is 3.40. The van der Waals surface area contributed by atoms with Gasteiger partial charge in [0.25, 0.3) is 0 Å². The van der Waals surface area contributed by atoms with Gasteiger partial charge in [-0.3, -0.25) is 9.59 Å². The normalized spacial score (nSPS) is 18.1. The summed E-state index contributed by atoms with van der Waals surface area (Å²) in [5, 5.41) is 0.145. The van der Waals surface area contributed by atoms with Crippen molar-refractivity contribution in [1.82, 2.24) is 0 Å². The number of halogens is 3. The SMILES string of the molecule is CC(C)CC(=O)c1cc2c(cc1F)S(=O)(=O)C[C@H](N)C(=O)N2Cc1ccc(Cl)cc1F. The maximum absolute atomic E-state index is 14.7. The Kier molecular flexibility index (Phi) is 6.50. The lowest BCUT2D eigenvalue weighted by atomic mass is 10.00. The average molecular weight is 471 g/mol. The number of carbonyl (C=O) groups excluding carboxylic acids is 2. The van der Waals surface area contributed by atoms with E-state index < -0.39 is 49.9 Å². The van der Waals surface area contributed by atoms with Crippen LogP contribution in [0.5, 0.6) is 0 Å². The van der Waals surface area contributed by atoms with Gasteiger partial charge in [-0.1, -0.05) is 31.5 Å². The first-order chi connectivity index (χ1) is 14.4. The van der Waals surface area contributed by atoms with Crippen molar-refractivity contribution in [1.29, 1.82) is 0 Å². The van der Waals surface area contributed by atoms with Crippen molar-refractivity contribution < 1.29 is 26.8 Å². The second-order valence-corrected chi connectivity index (χ2v) is 10.3. The number of benzene rings is 2. The number of nitrogens with two attached hydrogens (primary N) is 1. The van der Waals surface area contributed by atoms with E-state index >= 15 is 0 Å². The molecule has 0 aromatic heterocycles. The number of ketones is 1. The number of rotatable bonds is 5. The van der Waals surface area contributed by atoms with Crippen molar-refractivity contribution >= 4 is 38.8 Å². The highest BCUT2D eigenvalue weighted by Gasteiger charge is 2.37. The standard InChI is InChI=1S/C21H21ClF2N2O4S/c1-11(2)5-19(27)14-7-18-20(8-16(14)24)31(29,30)10-17(25)21(28)26(18)9-12-3-4-13(22)6-15(12)23/h3-4,6-8,11,17H,5,9-10,25H2,1-2H3/t17-/m0/s1. The zero-order chi connectivity index (χ0) is 23.1. The number of nitrogens with zero attached hydrogens (tertiary/aromatic N) is 1. The molecule has 0 fully saturated rings. The molecule has 1 aliphatic heterocycles. The molecular weight excluding hydrogens is 450 g/mol. The van der Waals surface area contributed by atoms with Crippen LogP contribution in [0.25, 0.3) is 0 Å². The molecule has 0 saturated heterocycles. The molecule has 31 heavy (non-hydrogen) atoms. The van der Waals surface area contributed by atoms with Crippen LogP contribution < -0.4 is 10.6 Å². The molecule has 2 aromatic rings. The van der Waals surface area contributed by atoms with Gasteiger partial charge in [0.05, 0.1) is 34.5 Å². The molecule has 2 N–H and O–H groups in total. The van der Waals surface area contributed by atoms with E-state index in [1.165, 1.54) is 12.1 Å². The predicted molar refractivity (Wildman–Crippen MR) is 113 cm³/mol. The molecule has 0 bridgehead atoms. The Hall–Kier alpha value is -2.36. The van der Waals surface area contributed by atoms with Gasteiger partial charge < -0.3 is 10.6 Å². The summed E-state index contributed by atoms with van der Waals surface area (Å²) in [5.74, 6) is -3.84. The second kappa shape index (κ2) is 8.64. The Morgan fingerprint density at radius 2 is 1.90 bits per heavy atom. The third-order valence-electron chi connectivity index (χ3n) is 4.89. The maximum atomic E-state index is 14.7. The first kappa shape index (κ1) is 23.3. The number of hydrogen-bond acceptors (Lipinski definition) is 5. The molecule has 1 amide bonds. The highest BCUT2D eigenvalue weighted by molar-refractivity contribution is 7.91. The lowest BCUT2D eigenvalue weighted by Crippen LogP contribution is -2.45. The summed E-state index contributed by atoms with van der Waals surface area (Å²) >= 11 is 5.77. The summed E-state index contributed by atoms with van der Waals surface area (Å²) in [5.41, 5.74) is 5.30. The largest absolute Gasteiger partial charge is 0.319 e. The minimum absolute atomic E-state index is 0.0295. The van der Waals surface area contributed by atoms with Gasteiger partial charge in [0.1, 0.15) is 11.6 Å². The number of fused-ring (bicyclic) bond motifs is 1. The summed E-state index contributed by atoms with van der Waals surface area (Å²) in [4.78, 5) is 26.0. The Morgan fingerprint density at radius 1 is 1.23 bits per heavy atom. The summed E-state index contributed by atoms with van der Waals surface area (Å²) < 4.78 is 54.6. The lowest BCUT2D eigenvalue weighted by Gasteiger charge is -2.25. The van der Waals surface area contributed by atoms with Crippen LogP contribution in [0.1, 0.15) is 36.2 Å². The fourth-order valence-corrected chi connectivity index (χ4v) is 5.12. The summed E-state index contributed by atoms with van der Waals surface area (Å²) in [6.07, 6.45) is 0.0295. The van der Waals surface area contributed by atoms with Crippen molar-refractivity contribution in [3.05, 3.63) is 58.1 Å². The molecule has 0 spiro atoms. The van der Waals surface area contributed by atoms with Gasteiger partial charge in [-0.05, 0) is 30.2 Å². The minimum Gasteiger partial charge on any atom is -0.319 e.